The topological polar surface area (TPSA) is 58.0 Å². The Kier molecular flexibility index (Phi) is 4.05. The second-order valence-corrected chi connectivity index (χ2v) is 7.88. The van der Waals surface area contributed by atoms with Crippen LogP contribution in [0.15, 0.2) is 22.9 Å². The molecule has 3 heterocycles. The lowest BCUT2D eigenvalue weighted by Crippen LogP contribution is -2.28. The fourth-order valence-electron chi connectivity index (χ4n) is 3.18. The highest BCUT2D eigenvalue weighted by molar-refractivity contribution is 7.18. The minimum absolute atomic E-state index is 0.136. The van der Waals surface area contributed by atoms with Crippen molar-refractivity contribution in [3.63, 3.8) is 0 Å². The highest BCUT2D eigenvalue weighted by Gasteiger charge is 2.22. The molecule has 120 valence electrons. The van der Waals surface area contributed by atoms with Crippen molar-refractivity contribution in [2.24, 2.45) is 0 Å². The predicted molar refractivity (Wildman–Crippen MR) is 97.4 cm³/mol. The number of thiophene rings is 2. The van der Waals surface area contributed by atoms with Crippen LogP contribution in [0.25, 0.3) is 20.7 Å². The predicted octanol–water partition coefficient (Wildman–Crippen LogP) is 4.44. The van der Waals surface area contributed by atoms with Gasteiger partial charge in [0.05, 0.1) is 11.5 Å². The van der Waals surface area contributed by atoms with Crippen molar-refractivity contribution in [2.45, 2.75) is 44.8 Å². The molecule has 1 aliphatic rings. The van der Waals surface area contributed by atoms with Crippen LogP contribution in [0.4, 0.5) is 5.82 Å². The molecule has 6 heteroatoms. The molecule has 1 fully saturated rings. The van der Waals surface area contributed by atoms with Gasteiger partial charge in [-0.05, 0) is 44.1 Å². The zero-order valence-corrected chi connectivity index (χ0v) is 14.6. The number of aromatic nitrogens is 2. The van der Waals surface area contributed by atoms with Crippen LogP contribution in [0.2, 0.25) is 0 Å². The average Bonchev–Trinajstić information content (AvgIpc) is 3.18. The molecule has 0 spiro atoms. The van der Waals surface area contributed by atoms with E-state index in [0.29, 0.717) is 6.04 Å². The Morgan fingerprint density at radius 2 is 2.00 bits per heavy atom. The quantitative estimate of drug-likeness (QED) is 0.736. The molecular formula is C17H19N3OS2. The van der Waals surface area contributed by atoms with Crippen LogP contribution in [0.3, 0.4) is 0 Å². The van der Waals surface area contributed by atoms with Crippen molar-refractivity contribution in [1.82, 2.24) is 9.97 Å². The van der Waals surface area contributed by atoms with Gasteiger partial charge in [0.2, 0.25) is 0 Å². The van der Waals surface area contributed by atoms with Crippen LogP contribution in [0.1, 0.15) is 31.5 Å². The van der Waals surface area contributed by atoms with E-state index in [1.54, 1.807) is 22.7 Å². The van der Waals surface area contributed by atoms with Crippen LogP contribution < -0.4 is 5.32 Å². The van der Waals surface area contributed by atoms with E-state index in [0.717, 1.165) is 47.5 Å². The second kappa shape index (κ2) is 6.19. The number of hydrogen-bond acceptors (Lipinski definition) is 6. The van der Waals surface area contributed by atoms with Gasteiger partial charge in [-0.2, -0.15) is 0 Å². The zero-order valence-electron chi connectivity index (χ0n) is 13.0. The maximum atomic E-state index is 9.69. The number of anilines is 1. The number of aliphatic hydroxyl groups is 1. The summed E-state index contributed by atoms with van der Waals surface area (Å²) in [6, 6.07) is 4.60. The van der Waals surface area contributed by atoms with Crippen molar-refractivity contribution in [3.05, 3.63) is 28.7 Å². The van der Waals surface area contributed by atoms with Gasteiger partial charge in [-0.3, -0.25) is 0 Å². The molecule has 2 N–H and O–H groups in total. The molecule has 23 heavy (non-hydrogen) atoms. The lowest BCUT2D eigenvalue weighted by molar-refractivity contribution is 0.126. The molecule has 3 aromatic heterocycles. The van der Waals surface area contributed by atoms with Gasteiger partial charge in [-0.25, -0.2) is 9.97 Å². The van der Waals surface area contributed by atoms with Crippen molar-refractivity contribution >= 4 is 38.7 Å². The fraction of sp³-hybridized carbons (Fsp3) is 0.412. The normalized spacial score (nSPS) is 21.7. The molecular weight excluding hydrogens is 326 g/mol. The Balaban J connectivity index is 1.74. The smallest absolute Gasteiger partial charge is 0.139 e. The van der Waals surface area contributed by atoms with Crippen LogP contribution >= 0.6 is 22.7 Å². The molecule has 3 aromatic rings. The first kappa shape index (κ1) is 15.1. The Bertz CT molecular complexity index is 805. The lowest BCUT2D eigenvalue weighted by atomic mass is 9.93. The Hall–Kier alpha value is -1.50. The van der Waals surface area contributed by atoms with E-state index in [2.05, 4.69) is 38.2 Å². The largest absolute Gasteiger partial charge is 0.393 e. The third-order valence-corrected chi connectivity index (χ3v) is 6.14. The molecule has 4 nitrogen and oxygen atoms in total. The van der Waals surface area contributed by atoms with Crippen LogP contribution in [-0.2, 0) is 0 Å². The molecule has 0 unspecified atom stereocenters. The SMILES string of the molecule is Cc1nc(NC2CCC(O)CC2)c2c(-c3cccs3)csc2n1. The molecule has 0 radical (unpaired) electrons. The highest BCUT2D eigenvalue weighted by atomic mass is 32.1. The van der Waals surface area contributed by atoms with Gasteiger partial charge in [0.1, 0.15) is 16.5 Å². The average molecular weight is 345 g/mol. The number of nitrogens with zero attached hydrogens (tertiary/aromatic N) is 2. The number of rotatable bonds is 3. The molecule has 0 atom stereocenters. The van der Waals surface area contributed by atoms with Crippen molar-refractivity contribution in [3.8, 4) is 10.4 Å². The van der Waals surface area contributed by atoms with Gasteiger partial charge in [0, 0.05) is 21.9 Å². The van der Waals surface area contributed by atoms with Gasteiger partial charge >= 0.3 is 0 Å². The Morgan fingerprint density at radius 1 is 1.17 bits per heavy atom. The molecule has 4 rings (SSSR count). The van der Waals surface area contributed by atoms with Crippen molar-refractivity contribution in [2.75, 3.05) is 5.32 Å². The first-order chi connectivity index (χ1) is 11.2. The van der Waals surface area contributed by atoms with E-state index in [9.17, 15) is 5.11 Å². The zero-order chi connectivity index (χ0) is 15.8. The third-order valence-electron chi connectivity index (χ3n) is 4.37. The lowest BCUT2D eigenvalue weighted by Gasteiger charge is -2.27. The maximum absolute atomic E-state index is 9.69. The summed E-state index contributed by atoms with van der Waals surface area (Å²) in [7, 11) is 0. The Labute approximate surface area is 143 Å². The first-order valence-corrected chi connectivity index (χ1v) is 9.71. The second-order valence-electron chi connectivity index (χ2n) is 6.08. The molecule has 0 aliphatic heterocycles. The van der Waals surface area contributed by atoms with Crippen LogP contribution in [0.5, 0.6) is 0 Å². The van der Waals surface area contributed by atoms with E-state index >= 15 is 0 Å². The maximum Gasteiger partial charge on any atom is 0.139 e. The van der Waals surface area contributed by atoms with Gasteiger partial charge in [-0.15, -0.1) is 22.7 Å². The van der Waals surface area contributed by atoms with Crippen molar-refractivity contribution < 1.29 is 5.11 Å². The minimum Gasteiger partial charge on any atom is -0.393 e. The fourth-order valence-corrected chi connectivity index (χ4v) is 4.99. The van der Waals surface area contributed by atoms with Gasteiger partial charge in [0.15, 0.2) is 0 Å². The highest BCUT2D eigenvalue weighted by Crippen LogP contribution is 2.39. The molecule has 1 aliphatic carbocycles. The van der Waals surface area contributed by atoms with E-state index in [4.69, 9.17) is 0 Å². The summed E-state index contributed by atoms with van der Waals surface area (Å²) in [5, 5.41) is 18.7. The summed E-state index contributed by atoms with van der Waals surface area (Å²) in [5.74, 6) is 1.74. The van der Waals surface area contributed by atoms with E-state index in [1.165, 1.54) is 10.4 Å². The number of nitrogens with one attached hydrogen (secondary N) is 1. The van der Waals surface area contributed by atoms with E-state index in [1.807, 2.05) is 6.92 Å². The molecule has 1 saturated carbocycles. The minimum atomic E-state index is -0.136. The summed E-state index contributed by atoms with van der Waals surface area (Å²) in [5.41, 5.74) is 1.22. The monoisotopic (exact) mass is 345 g/mol. The van der Waals surface area contributed by atoms with Gasteiger partial charge in [0.25, 0.3) is 0 Å². The van der Waals surface area contributed by atoms with Crippen LogP contribution in [0, 0.1) is 6.92 Å². The Morgan fingerprint density at radius 3 is 2.74 bits per heavy atom. The number of hydrogen-bond donors (Lipinski definition) is 2. The van der Waals surface area contributed by atoms with Crippen molar-refractivity contribution in [1.29, 1.82) is 0 Å². The molecule has 0 bridgehead atoms. The summed E-state index contributed by atoms with van der Waals surface area (Å²) < 4.78 is 0. The first-order valence-electron chi connectivity index (χ1n) is 7.95. The molecule has 0 amide bonds. The van der Waals surface area contributed by atoms with E-state index < -0.39 is 0 Å². The van der Waals surface area contributed by atoms with Gasteiger partial charge < -0.3 is 10.4 Å². The third kappa shape index (κ3) is 2.98. The molecule has 0 saturated heterocycles. The number of aryl methyl sites for hydroxylation is 1. The summed E-state index contributed by atoms with van der Waals surface area (Å²) in [4.78, 5) is 11.6. The summed E-state index contributed by atoms with van der Waals surface area (Å²) in [6.07, 6.45) is 3.58. The summed E-state index contributed by atoms with van der Waals surface area (Å²) >= 11 is 3.42. The number of aliphatic hydroxyl groups excluding tert-OH is 1. The standard InChI is InChI=1S/C17H19N3OS2/c1-10-18-16(20-11-4-6-12(21)7-5-11)15-13(9-23-17(15)19-10)14-3-2-8-22-14/h2-3,8-9,11-12,21H,4-7H2,1H3,(H,18,19,20). The molecule has 0 aromatic carbocycles. The van der Waals surface area contributed by atoms with E-state index in [-0.39, 0.29) is 6.10 Å². The number of fused-ring (bicyclic) bond motifs is 1. The van der Waals surface area contributed by atoms with Crippen LogP contribution in [-0.4, -0.2) is 27.2 Å². The van der Waals surface area contributed by atoms with Gasteiger partial charge in [-0.1, -0.05) is 6.07 Å². The summed E-state index contributed by atoms with van der Waals surface area (Å²) in [6.45, 7) is 1.94.